The maximum Gasteiger partial charge on any atom is 0.127 e. The Hall–Kier alpha value is -0.610. The predicted octanol–water partition coefficient (Wildman–Crippen LogP) is 5.02. The minimum atomic E-state index is 0.0356. The summed E-state index contributed by atoms with van der Waals surface area (Å²) in [6.45, 7) is 0. The second kappa shape index (κ2) is 6.86. The third-order valence-corrected chi connectivity index (χ3v) is 5.71. The second-order valence-corrected chi connectivity index (χ2v) is 6.86. The first-order valence-electron chi connectivity index (χ1n) is 6.59. The molecular weight excluding hydrogens is 211 g/mol. The summed E-state index contributed by atoms with van der Waals surface area (Å²) in [5, 5.41) is 1.72. The highest BCUT2D eigenvalue weighted by Gasteiger charge is 2.17. The SMILES string of the molecule is C1=C/CCCCC(/[P+]2=C/C=C\CCCC2)=C\1. The van der Waals surface area contributed by atoms with Gasteiger partial charge in [0.1, 0.15) is 24.8 Å². The molecule has 0 fully saturated rings. The monoisotopic (exact) mass is 233 g/mol. The van der Waals surface area contributed by atoms with Crippen molar-refractivity contribution in [3.63, 3.8) is 0 Å². The van der Waals surface area contributed by atoms with Crippen LogP contribution in [0.3, 0.4) is 0 Å². The molecule has 0 bridgehead atoms. The standard InChI is InChI=1S/C15H22P/c1-3-7-11-15(12-8-4-1)16-13-9-5-2-6-10-14-16/h3,5,7,9,11,13H,1-2,4,6,8,10,12,14H2/q+1/b7-3-,9-5-,15-11+. The summed E-state index contributed by atoms with van der Waals surface area (Å²) in [7, 11) is 0.0356. The van der Waals surface area contributed by atoms with E-state index in [-0.39, 0.29) is 7.55 Å². The summed E-state index contributed by atoms with van der Waals surface area (Å²) in [5.74, 6) is 2.48. The zero-order valence-electron chi connectivity index (χ0n) is 10.1. The molecule has 0 N–H and O–H groups in total. The van der Waals surface area contributed by atoms with Gasteiger partial charge < -0.3 is 0 Å². The lowest BCUT2D eigenvalue weighted by atomic mass is 10.1. The minimum absolute atomic E-state index is 0.0356. The molecule has 1 aliphatic heterocycles. The fourth-order valence-electron chi connectivity index (χ4n) is 2.29. The van der Waals surface area contributed by atoms with Crippen LogP contribution in [0.1, 0.15) is 44.9 Å². The number of hydrogen-bond donors (Lipinski definition) is 0. The first kappa shape index (κ1) is 11.9. The molecule has 1 heteroatoms. The Kier molecular flexibility index (Phi) is 5.09. The van der Waals surface area contributed by atoms with Gasteiger partial charge in [0.15, 0.2) is 0 Å². The molecule has 0 aromatic rings. The van der Waals surface area contributed by atoms with Gasteiger partial charge >= 0.3 is 0 Å². The smallest absolute Gasteiger partial charge is 0.0844 e. The van der Waals surface area contributed by atoms with Crippen LogP contribution in [0.5, 0.6) is 0 Å². The highest BCUT2D eigenvalue weighted by Crippen LogP contribution is 2.39. The third-order valence-electron chi connectivity index (χ3n) is 3.27. The highest BCUT2D eigenvalue weighted by molar-refractivity contribution is 7.61. The lowest BCUT2D eigenvalue weighted by molar-refractivity contribution is 0.751. The molecule has 0 aromatic heterocycles. The number of allylic oxidation sites excluding steroid dienone is 6. The van der Waals surface area contributed by atoms with Crippen molar-refractivity contribution >= 4 is 13.3 Å². The molecule has 0 nitrogen and oxygen atoms in total. The number of rotatable bonds is 1. The van der Waals surface area contributed by atoms with Gasteiger partial charge in [-0.05, 0) is 50.7 Å². The average molecular weight is 233 g/mol. The third kappa shape index (κ3) is 3.76. The van der Waals surface area contributed by atoms with E-state index in [9.17, 15) is 0 Å². The van der Waals surface area contributed by atoms with Crippen LogP contribution in [-0.2, 0) is 0 Å². The van der Waals surface area contributed by atoms with Crippen LogP contribution in [0.15, 0.2) is 35.7 Å². The lowest BCUT2D eigenvalue weighted by Gasteiger charge is -2.05. The summed E-state index contributed by atoms with van der Waals surface area (Å²) >= 11 is 0. The molecule has 1 unspecified atom stereocenters. The van der Waals surface area contributed by atoms with Crippen LogP contribution in [0, 0.1) is 0 Å². The van der Waals surface area contributed by atoms with Gasteiger partial charge in [0.05, 0.1) is 0 Å². The van der Waals surface area contributed by atoms with Gasteiger partial charge in [-0.1, -0.05) is 18.2 Å². The molecule has 1 atom stereocenters. The lowest BCUT2D eigenvalue weighted by Crippen LogP contribution is -1.90. The van der Waals surface area contributed by atoms with Crippen LogP contribution < -0.4 is 0 Å². The Morgan fingerprint density at radius 3 is 2.62 bits per heavy atom. The van der Waals surface area contributed by atoms with E-state index in [4.69, 9.17) is 0 Å². The predicted molar refractivity (Wildman–Crippen MR) is 76.5 cm³/mol. The fraction of sp³-hybridized carbons (Fsp3) is 0.533. The van der Waals surface area contributed by atoms with E-state index in [0.29, 0.717) is 0 Å². The van der Waals surface area contributed by atoms with Gasteiger partial charge in [0.2, 0.25) is 0 Å². The maximum absolute atomic E-state index is 2.48. The van der Waals surface area contributed by atoms with E-state index in [2.05, 4.69) is 36.2 Å². The van der Waals surface area contributed by atoms with E-state index >= 15 is 0 Å². The molecule has 2 aliphatic rings. The molecule has 0 radical (unpaired) electrons. The van der Waals surface area contributed by atoms with Gasteiger partial charge in [-0.3, -0.25) is 0 Å². The molecular formula is C15H22P+. The Balaban J connectivity index is 2.13. The van der Waals surface area contributed by atoms with Crippen molar-refractivity contribution in [2.75, 3.05) is 6.16 Å². The van der Waals surface area contributed by atoms with Gasteiger partial charge in [-0.25, -0.2) is 0 Å². The molecule has 2 rings (SSSR count). The average Bonchev–Trinajstić information content (AvgIpc) is 2.18. The maximum atomic E-state index is 2.48. The first-order valence-corrected chi connectivity index (χ1v) is 8.19. The molecule has 16 heavy (non-hydrogen) atoms. The normalized spacial score (nSPS) is 33.0. The van der Waals surface area contributed by atoms with Crippen LogP contribution in [-0.4, -0.2) is 12.0 Å². The molecule has 1 aliphatic carbocycles. The quantitative estimate of drug-likeness (QED) is 0.557. The molecule has 86 valence electrons. The zero-order valence-corrected chi connectivity index (χ0v) is 11.0. The summed E-state index contributed by atoms with van der Waals surface area (Å²) in [4.78, 5) is 0. The largest absolute Gasteiger partial charge is 0.127 e. The molecule has 0 amide bonds. The van der Waals surface area contributed by atoms with Crippen molar-refractivity contribution in [1.82, 2.24) is 0 Å². The molecule has 0 spiro atoms. The highest BCUT2D eigenvalue weighted by atomic mass is 31.1. The van der Waals surface area contributed by atoms with E-state index in [1.54, 1.807) is 5.31 Å². The van der Waals surface area contributed by atoms with Gasteiger partial charge in [0.25, 0.3) is 0 Å². The van der Waals surface area contributed by atoms with Crippen molar-refractivity contribution in [3.05, 3.63) is 35.7 Å². The van der Waals surface area contributed by atoms with Crippen molar-refractivity contribution in [3.8, 4) is 0 Å². The van der Waals surface area contributed by atoms with Crippen LogP contribution in [0.4, 0.5) is 0 Å². The van der Waals surface area contributed by atoms with Crippen LogP contribution >= 0.6 is 7.55 Å². The molecule has 0 saturated carbocycles. The van der Waals surface area contributed by atoms with Gasteiger partial charge in [0, 0.05) is 6.42 Å². The van der Waals surface area contributed by atoms with E-state index in [1.165, 1.54) is 51.1 Å². The number of hydrogen-bond acceptors (Lipinski definition) is 0. The summed E-state index contributed by atoms with van der Waals surface area (Å²) in [6.07, 6.45) is 22.5. The zero-order chi connectivity index (χ0) is 11.1. The Morgan fingerprint density at radius 2 is 1.69 bits per heavy atom. The molecule has 0 saturated heterocycles. The second-order valence-electron chi connectivity index (χ2n) is 4.60. The van der Waals surface area contributed by atoms with Crippen molar-refractivity contribution in [1.29, 1.82) is 0 Å². The summed E-state index contributed by atoms with van der Waals surface area (Å²) < 4.78 is 0. The van der Waals surface area contributed by atoms with Gasteiger partial charge in [-0.15, -0.1) is 0 Å². The Bertz CT molecular complexity index is 297. The van der Waals surface area contributed by atoms with E-state index in [1.807, 2.05) is 0 Å². The van der Waals surface area contributed by atoms with Crippen LogP contribution in [0.25, 0.3) is 0 Å². The molecule has 0 aromatic carbocycles. The molecule has 1 heterocycles. The topological polar surface area (TPSA) is 0 Å². The first-order chi connectivity index (χ1) is 7.97. The summed E-state index contributed by atoms with van der Waals surface area (Å²) in [6, 6.07) is 0. The van der Waals surface area contributed by atoms with E-state index in [0.717, 1.165) is 0 Å². The van der Waals surface area contributed by atoms with Crippen molar-refractivity contribution in [2.45, 2.75) is 44.9 Å². The van der Waals surface area contributed by atoms with Crippen molar-refractivity contribution in [2.24, 2.45) is 0 Å². The van der Waals surface area contributed by atoms with Crippen molar-refractivity contribution < 1.29 is 0 Å². The Morgan fingerprint density at radius 1 is 0.875 bits per heavy atom. The fourth-order valence-corrected chi connectivity index (χ4v) is 4.53. The van der Waals surface area contributed by atoms with E-state index < -0.39 is 0 Å². The van der Waals surface area contributed by atoms with Gasteiger partial charge in [-0.2, -0.15) is 0 Å². The summed E-state index contributed by atoms with van der Waals surface area (Å²) in [5.41, 5.74) is 0. The van der Waals surface area contributed by atoms with Crippen LogP contribution in [0.2, 0.25) is 0 Å². The Labute approximate surface area is 101 Å². The minimum Gasteiger partial charge on any atom is -0.0844 e.